The number of rotatable bonds is 5. The van der Waals surface area contributed by atoms with Gasteiger partial charge in [-0.15, -0.1) is 0 Å². The van der Waals surface area contributed by atoms with Crippen molar-refractivity contribution in [2.75, 3.05) is 26.2 Å². The van der Waals surface area contributed by atoms with Gasteiger partial charge in [0.15, 0.2) is 5.65 Å². The lowest BCUT2D eigenvalue weighted by molar-refractivity contribution is 0.170. The molecule has 0 aromatic carbocycles. The molecule has 3 rings (SSSR count). The molecule has 2 aromatic rings. The molecule has 3 heterocycles. The van der Waals surface area contributed by atoms with Gasteiger partial charge in [-0.25, -0.2) is 9.97 Å². The first kappa shape index (κ1) is 17.8. The summed E-state index contributed by atoms with van der Waals surface area (Å²) in [6.07, 6.45) is 4.16. The number of imidazole rings is 1. The van der Waals surface area contributed by atoms with E-state index >= 15 is 0 Å². The van der Waals surface area contributed by atoms with Crippen molar-refractivity contribution in [2.45, 2.75) is 46.2 Å². The highest BCUT2D eigenvalue weighted by molar-refractivity contribution is 9.10. The molecule has 2 atom stereocenters. The molecule has 2 aromatic heterocycles. The molecule has 1 fully saturated rings. The van der Waals surface area contributed by atoms with E-state index in [9.17, 15) is 0 Å². The summed E-state index contributed by atoms with van der Waals surface area (Å²) >= 11 is 3.52. The molecule has 0 aliphatic carbocycles. The second kappa shape index (κ2) is 7.93. The zero-order valence-corrected chi connectivity index (χ0v) is 16.5. The smallest absolute Gasteiger partial charge is 0.160 e. The molecule has 0 radical (unpaired) electrons. The molecular weight excluding hydrogens is 366 g/mol. The van der Waals surface area contributed by atoms with E-state index in [4.69, 9.17) is 4.98 Å². The molecular formula is C18H28BrN5. The normalized spacial score (nSPS) is 21.1. The van der Waals surface area contributed by atoms with E-state index in [1.807, 2.05) is 6.20 Å². The molecule has 1 aliphatic heterocycles. The maximum atomic E-state index is 5.00. The third-order valence-corrected chi connectivity index (χ3v) is 5.25. The number of nitrogens with one attached hydrogen (secondary N) is 1. The SMILES string of the molecule is CCC[C@H](c1nc2cc(Br)cnc2n1CC)N1CCNC[C@H](C)C1. The van der Waals surface area contributed by atoms with Gasteiger partial charge in [-0.05, 0) is 47.8 Å². The van der Waals surface area contributed by atoms with E-state index < -0.39 is 0 Å². The van der Waals surface area contributed by atoms with Crippen LogP contribution in [-0.2, 0) is 6.54 Å². The third-order valence-electron chi connectivity index (χ3n) is 4.81. The first-order valence-corrected chi connectivity index (χ1v) is 9.89. The topological polar surface area (TPSA) is 46.0 Å². The molecule has 0 spiro atoms. The quantitative estimate of drug-likeness (QED) is 0.842. The summed E-state index contributed by atoms with van der Waals surface area (Å²) in [4.78, 5) is 12.2. The van der Waals surface area contributed by atoms with Crippen LogP contribution in [0, 0.1) is 5.92 Å². The lowest BCUT2D eigenvalue weighted by Crippen LogP contribution is -2.35. The summed E-state index contributed by atoms with van der Waals surface area (Å²) < 4.78 is 3.28. The van der Waals surface area contributed by atoms with Crippen molar-refractivity contribution in [3.8, 4) is 0 Å². The van der Waals surface area contributed by atoms with Crippen molar-refractivity contribution in [1.82, 2.24) is 24.8 Å². The average molecular weight is 394 g/mol. The zero-order chi connectivity index (χ0) is 17.1. The fraction of sp³-hybridized carbons (Fsp3) is 0.667. The number of nitrogens with zero attached hydrogens (tertiary/aromatic N) is 4. The van der Waals surface area contributed by atoms with Crippen LogP contribution in [0.15, 0.2) is 16.7 Å². The Hall–Kier alpha value is -0.980. The first-order chi connectivity index (χ1) is 11.6. The standard InChI is InChI=1S/C18H28BrN5/c1-4-6-16(23-8-7-20-10-13(3)12-23)18-22-15-9-14(19)11-21-17(15)24(18)5-2/h9,11,13,16,20H,4-8,10,12H2,1-3H3/t13-,16+/m0/s1. The highest BCUT2D eigenvalue weighted by Crippen LogP contribution is 2.29. The summed E-state index contributed by atoms with van der Waals surface area (Å²) in [6.45, 7) is 12.1. The zero-order valence-electron chi connectivity index (χ0n) is 14.9. The van der Waals surface area contributed by atoms with E-state index in [1.165, 1.54) is 5.82 Å². The lowest BCUT2D eigenvalue weighted by atomic mass is 10.1. The summed E-state index contributed by atoms with van der Waals surface area (Å²) in [7, 11) is 0. The fourth-order valence-corrected chi connectivity index (χ4v) is 4.05. The molecule has 0 saturated carbocycles. The Kier molecular flexibility index (Phi) is 5.89. The molecule has 1 aliphatic rings. The monoisotopic (exact) mass is 393 g/mol. The van der Waals surface area contributed by atoms with E-state index in [0.29, 0.717) is 12.0 Å². The van der Waals surface area contributed by atoms with Crippen LogP contribution in [0.25, 0.3) is 11.2 Å². The summed E-state index contributed by atoms with van der Waals surface area (Å²) in [6, 6.07) is 2.44. The van der Waals surface area contributed by atoms with Gasteiger partial charge < -0.3 is 9.88 Å². The highest BCUT2D eigenvalue weighted by atomic mass is 79.9. The van der Waals surface area contributed by atoms with Crippen molar-refractivity contribution < 1.29 is 0 Å². The predicted molar refractivity (Wildman–Crippen MR) is 102 cm³/mol. The largest absolute Gasteiger partial charge is 0.315 e. The van der Waals surface area contributed by atoms with Gasteiger partial charge in [-0.3, -0.25) is 4.90 Å². The molecule has 6 heteroatoms. The second-order valence-electron chi connectivity index (χ2n) is 6.82. The van der Waals surface area contributed by atoms with Crippen LogP contribution in [0.3, 0.4) is 0 Å². The molecule has 5 nitrogen and oxygen atoms in total. The van der Waals surface area contributed by atoms with Gasteiger partial charge in [0, 0.05) is 36.8 Å². The summed E-state index contributed by atoms with van der Waals surface area (Å²) in [5.74, 6) is 1.84. The molecule has 24 heavy (non-hydrogen) atoms. The third kappa shape index (κ3) is 3.65. The van der Waals surface area contributed by atoms with Crippen LogP contribution >= 0.6 is 15.9 Å². The Morgan fingerprint density at radius 1 is 1.42 bits per heavy atom. The predicted octanol–water partition coefficient (Wildman–Crippen LogP) is 3.60. The molecule has 1 saturated heterocycles. The Labute approximate surface area is 153 Å². The minimum Gasteiger partial charge on any atom is -0.315 e. The van der Waals surface area contributed by atoms with Gasteiger partial charge in [-0.2, -0.15) is 0 Å². The number of hydrogen-bond donors (Lipinski definition) is 1. The summed E-state index contributed by atoms with van der Waals surface area (Å²) in [5, 5.41) is 3.55. The van der Waals surface area contributed by atoms with E-state index in [0.717, 1.165) is 61.2 Å². The lowest BCUT2D eigenvalue weighted by Gasteiger charge is -2.31. The minimum absolute atomic E-state index is 0.366. The summed E-state index contributed by atoms with van der Waals surface area (Å²) in [5.41, 5.74) is 1.99. The number of halogens is 1. The van der Waals surface area contributed by atoms with E-state index in [-0.39, 0.29) is 0 Å². The number of aryl methyl sites for hydroxylation is 1. The van der Waals surface area contributed by atoms with Crippen LogP contribution in [0.1, 0.15) is 45.5 Å². The second-order valence-corrected chi connectivity index (χ2v) is 7.73. The van der Waals surface area contributed by atoms with Gasteiger partial charge in [0.25, 0.3) is 0 Å². The fourth-order valence-electron chi connectivity index (χ4n) is 3.73. The molecule has 132 valence electrons. The Morgan fingerprint density at radius 3 is 3.00 bits per heavy atom. The molecule has 0 unspecified atom stereocenters. The Morgan fingerprint density at radius 2 is 2.25 bits per heavy atom. The molecule has 0 amide bonds. The number of aromatic nitrogens is 3. The van der Waals surface area contributed by atoms with Crippen molar-refractivity contribution in [1.29, 1.82) is 0 Å². The minimum atomic E-state index is 0.366. The van der Waals surface area contributed by atoms with Crippen LogP contribution in [0.5, 0.6) is 0 Å². The highest BCUT2D eigenvalue weighted by Gasteiger charge is 2.27. The first-order valence-electron chi connectivity index (χ1n) is 9.10. The van der Waals surface area contributed by atoms with Crippen molar-refractivity contribution >= 4 is 27.1 Å². The maximum Gasteiger partial charge on any atom is 0.160 e. The van der Waals surface area contributed by atoms with Gasteiger partial charge in [0.1, 0.15) is 11.3 Å². The van der Waals surface area contributed by atoms with Crippen LogP contribution in [0.4, 0.5) is 0 Å². The van der Waals surface area contributed by atoms with E-state index in [2.05, 4.69) is 62.5 Å². The van der Waals surface area contributed by atoms with Crippen molar-refractivity contribution in [3.63, 3.8) is 0 Å². The van der Waals surface area contributed by atoms with Crippen LogP contribution < -0.4 is 5.32 Å². The number of fused-ring (bicyclic) bond motifs is 1. The van der Waals surface area contributed by atoms with Gasteiger partial charge in [0.2, 0.25) is 0 Å². The molecule has 1 N–H and O–H groups in total. The number of hydrogen-bond acceptors (Lipinski definition) is 4. The van der Waals surface area contributed by atoms with Gasteiger partial charge in [-0.1, -0.05) is 20.3 Å². The molecule has 0 bridgehead atoms. The number of pyridine rings is 1. The van der Waals surface area contributed by atoms with Gasteiger partial charge in [0.05, 0.1) is 6.04 Å². The maximum absolute atomic E-state index is 5.00. The Balaban J connectivity index is 2.02. The van der Waals surface area contributed by atoms with Crippen LogP contribution in [0.2, 0.25) is 0 Å². The van der Waals surface area contributed by atoms with Gasteiger partial charge >= 0.3 is 0 Å². The Bertz CT molecular complexity index is 683. The van der Waals surface area contributed by atoms with Crippen molar-refractivity contribution in [3.05, 3.63) is 22.6 Å². The van der Waals surface area contributed by atoms with Crippen molar-refractivity contribution in [2.24, 2.45) is 5.92 Å². The van der Waals surface area contributed by atoms with E-state index in [1.54, 1.807) is 0 Å². The van der Waals surface area contributed by atoms with Crippen LogP contribution in [-0.4, -0.2) is 45.6 Å². The average Bonchev–Trinajstić information content (AvgIpc) is 2.77.